The fraction of sp³-hybridized carbons (Fsp3) is 0.227. The third-order valence-corrected chi connectivity index (χ3v) is 4.60. The van der Waals surface area contributed by atoms with Gasteiger partial charge in [-0.25, -0.2) is 8.78 Å². The van der Waals surface area contributed by atoms with Gasteiger partial charge < -0.3 is 4.90 Å². The van der Waals surface area contributed by atoms with Crippen LogP contribution in [-0.4, -0.2) is 22.9 Å². The van der Waals surface area contributed by atoms with Crippen molar-refractivity contribution in [3.63, 3.8) is 0 Å². The van der Waals surface area contributed by atoms with Gasteiger partial charge in [-0.05, 0) is 30.2 Å². The first-order valence-corrected chi connectivity index (χ1v) is 9.68. The number of nitrogens with zero attached hydrogens (tertiary/aromatic N) is 2. The maximum absolute atomic E-state index is 13.3. The predicted molar refractivity (Wildman–Crippen MR) is 114 cm³/mol. The molecule has 1 aliphatic rings. The quantitative estimate of drug-likeness (QED) is 0.512. The number of aromatic nitrogens is 1. The second kappa shape index (κ2) is 9.85. The second-order valence-electron chi connectivity index (χ2n) is 5.89. The zero-order chi connectivity index (χ0) is 20.8. The minimum atomic E-state index is -2.55. The van der Waals surface area contributed by atoms with E-state index < -0.39 is 13.0 Å². The Morgan fingerprint density at radius 2 is 1.79 bits per heavy atom. The monoisotopic (exact) mass is 422 g/mol. The zero-order valence-corrected chi connectivity index (χ0v) is 17.5. The Bertz CT molecular complexity index is 906. The number of hydrogen-bond donors (Lipinski definition) is 0. The van der Waals surface area contributed by atoms with Crippen molar-refractivity contribution in [1.29, 1.82) is 0 Å². The molecule has 0 atom stereocenters. The molecule has 0 saturated heterocycles. The van der Waals surface area contributed by atoms with Crippen LogP contribution in [0, 0.1) is 0 Å². The number of halogens is 4. The van der Waals surface area contributed by atoms with Crippen molar-refractivity contribution >= 4 is 34.5 Å². The van der Waals surface area contributed by atoms with Gasteiger partial charge in [0.2, 0.25) is 0 Å². The van der Waals surface area contributed by atoms with Crippen molar-refractivity contribution in [3.05, 3.63) is 87.8 Å². The number of hydrogen-bond acceptors (Lipinski definition) is 2. The highest BCUT2D eigenvalue weighted by atomic mass is 35.5. The van der Waals surface area contributed by atoms with Crippen LogP contribution in [0.1, 0.15) is 32.0 Å². The maximum atomic E-state index is 13.3. The van der Waals surface area contributed by atoms with Crippen LogP contribution in [0.25, 0.3) is 11.3 Å². The lowest BCUT2D eigenvalue weighted by Crippen LogP contribution is -2.30. The van der Waals surface area contributed by atoms with E-state index in [1.54, 1.807) is 6.07 Å². The molecule has 0 fully saturated rings. The van der Waals surface area contributed by atoms with Crippen LogP contribution < -0.4 is 0 Å². The van der Waals surface area contributed by atoms with Gasteiger partial charge in [-0.15, -0.1) is 0 Å². The van der Waals surface area contributed by atoms with E-state index in [1.807, 2.05) is 57.2 Å². The summed E-state index contributed by atoms with van der Waals surface area (Å²) < 4.78 is 26.6. The highest BCUT2D eigenvalue weighted by Crippen LogP contribution is 2.41. The minimum Gasteiger partial charge on any atom is -0.334 e. The van der Waals surface area contributed by atoms with Crippen molar-refractivity contribution in [2.75, 3.05) is 6.54 Å². The van der Waals surface area contributed by atoms with E-state index >= 15 is 0 Å². The molecular weight excluding hydrogens is 401 g/mol. The maximum Gasteiger partial charge on any atom is 0.256 e. The molecule has 1 aliphatic heterocycles. The van der Waals surface area contributed by atoms with Gasteiger partial charge in [-0.2, -0.15) is 0 Å². The summed E-state index contributed by atoms with van der Waals surface area (Å²) in [4.78, 5) is 5.79. The molecule has 0 spiro atoms. The van der Waals surface area contributed by atoms with Crippen molar-refractivity contribution in [1.82, 2.24) is 9.88 Å². The van der Waals surface area contributed by atoms with E-state index in [4.69, 9.17) is 23.2 Å². The van der Waals surface area contributed by atoms with E-state index in [0.717, 1.165) is 16.7 Å². The number of pyridine rings is 1. The Balaban J connectivity index is 0.00000136. The normalized spacial score (nSPS) is 14.1. The number of allylic oxidation sites excluding steroid dienone is 3. The molecule has 148 valence electrons. The molecule has 0 bridgehead atoms. The lowest BCUT2D eigenvalue weighted by Gasteiger charge is -2.34. The van der Waals surface area contributed by atoms with Crippen LogP contribution in [0.3, 0.4) is 0 Å². The number of benzene rings is 1. The Hall–Kier alpha value is -2.17. The Morgan fingerprint density at radius 1 is 1.14 bits per heavy atom. The van der Waals surface area contributed by atoms with Crippen LogP contribution in [0.5, 0.6) is 0 Å². The van der Waals surface area contributed by atoms with Crippen LogP contribution in [0.2, 0.25) is 10.0 Å². The van der Waals surface area contributed by atoms with Crippen molar-refractivity contribution in [2.24, 2.45) is 0 Å². The van der Waals surface area contributed by atoms with E-state index in [0.29, 0.717) is 27.1 Å². The number of alkyl halides is 2. The van der Waals surface area contributed by atoms with Crippen LogP contribution in [0.15, 0.2) is 66.5 Å². The topological polar surface area (TPSA) is 16.1 Å². The number of rotatable bonds is 4. The zero-order valence-electron chi connectivity index (χ0n) is 16.0. The minimum absolute atomic E-state index is 0.293. The van der Waals surface area contributed by atoms with Crippen molar-refractivity contribution in [2.45, 2.75) is 27.2 Å². The summed E-state index contributed by atoms with van der Waals surface area (Å²) in [5, 5.41) is 0.670. The molecule has 0 radical (unpaired) electrons. The van der Waals surface area contributed by atoms with Gasteiger partial charge in [0.1, 0.15) is 5.69 Å². The summed E-state index contributed by atoms with van der Waals surface area (Å²) >= 11 is 12.3. The summed E-state index contributed by atoms with van der Waals surface area (Å²) in [6.07, 6.45) is 0.824. The Kier molecular flexibility index (Phi) is 7.78. The van der Waals surface area contributed by atoms with Gasteiger partial charge in [-0.3, -0.25) is 4.98 Å². The first-order chi connectivity index (χ1) is 13.4. The molecule has 2 nitrogen and oxygen atoms in total. The molecule has 3 rings (SSSR count). The molecule has 6 heteroatoms. The fourth-order valence-corrected chi connectivity index (χ4v) is 3.35. The SMILES string of the molecule is C=C1C(C)=CC(c2ccccc2)=C(c2ncc(Cl)cc2Cl)N1CC(F)F.CC. The van der Waals surface area contributed by atoms with Crippen LogP contribution >= 0.6 is 23.2 Å². The molecule has 0 amide bonds. The average Bonchev–Trinajstić information content (AvgIpc) is 2.68. The lowest BCUT2D eigenvalue weighted by atomic mass is 9.93. The van der Waals surface area contributed by atoms with Crippen molar-refractivity contribution in [3.8, 4) is 0 Å². The first-order valence-electron chi connectivity index (χ1n) is 8.93. The average molecular weight is 423 g/mol. The summed E-state index contributed by atoms with van der Waals surface area (Å²) in [5.41, 5.74) is 3.81. The molecule has 1 aromatic heterocycles. The van der Waals surface area contributed by atoms with E-state index in [2.05, 4.69) is 11.6 Å². The van der Waals surface area contributed by atoms with E-state index in [9.17, 15) is 8.78 Å². The molecule has 0 aliphatic carbocycles. The van der Waals surface area contributed by atoms with E-state index in [1.165, 1.54) is 11.1 Å². The van der Waals surface area contributed by atoms with Gasteiger partial charge in [0, 0.05) is 17.5 Å². The summed E-state index contributed by atoms with van der Waals surface area (Å²) in [6, 6.07) is 11.1. The lowest BCUT2D eigenvalue weighted by molar-refractivity contribution is 0.123. The van der Waals surface area contributed by atoms with Gasteiger partial charge >= 0.3 is 0 Å². The smallest absolute Gasteiger partial charge is 0.256 e. The predicted octanol–water partition coefficient (Wildman–Crippen LogP) is 7.32. The van der Waals surface area contributed by atoms with Crippen molar-refractivity contribution < 1.29 is 8.78 Å². The molecule has 2 aromatic rings. The second-order valence-corrected chi connectivity index (χ2v) is 6.73. The fourth-order valence-electron chi connectivity index (χ4n) is 2.88. The third-order valence-electron chi connectivity index (χ3n) is 4.10. The highest BCUT2D eigenvalue weighted by molar-refractivity contribution is 6.35. The van der Waals surface area contributed by atoms with Crippen LogP contribution in [-0.2, 0) is 0 Å². The van der Waals surface area contributed by atoms with Gasteiger partial charge in [-0.1, -0.05) is 74.0 Å². The summed E-state index contributed by atoms with van der Waals surface area (Å²) in [7, 11) is 0. The first kappa shape index (κ1) is 22.1. The molecule has 0 unspecified atom stereocenters. The summed E-state index contributed by atoms with van der Waals surface area (Å²) in [6.45, 7) is 9.31. The standard InChI is InChI=1S/C20H16Cl2F2N2.C2H6/c1-12-8-16(14-6-4-3-5-7-14)20(26(13(12)2)11-18(23)24)19-17(22)9-15(21)10-25-19;1-2/h3-10,18H,2,11H2,1H3;1-2H3. The van der Waals surface area contributed by atoms with Crippen LogP contribution in [0.4, 0.5) is 8.78 Å². The van der Waals surface area contributed by atoms with Gasteiger partial charge in [0.05, 0.1) is 22.3 Å². The molecule has 2 heterocycles. The van der Waals surface area contributed by atoms with Gasteiger partial charge in [0.15, 0.2) is 0 Å². The third kappa shape index (κ3) is 4.81. The Labute approximate surface area is 174 Å². The molecule has 1 aromatic carbocycles. The molecular formula is C22H22Cl2F2N2. The molecule has 0 saturated carbocycles. The molecule has 0 N–H and O–H groups in total. The molecule has 28 heavy (non-hydrogen) atoms. The highest BCUT2D eigenvalue weighted by Gasteiger charge is 2.29. The Morgan fingerprint density at radius 3 is 2.36 bits per heavy atom. The largest absolute Gasteiger partial charge is 0.334 e. The van der Waals surface area contributed by atoms with Gasteiger partial charge in [0.25, 0.3) is 6.43 Å². The van der Waals surface area contributed by atoms with E-state index in [-0.39, 0.29) is 0 Å². The summed E-state index contributed by atoms with van der Waals surface area (Å²) in [5.74, 6) is 0.